The second-order valence-corrected chi connectivity index (χ2v) is 4.52. The number of nitrogens with one attached hydrogen (secondary N) is 1. The van der Waals surface area contributed by atoms with Crippen molar-refractivity contribution >= 4 is 17.3 Å². The molecule has 1 N–H and O–H groups in total. The SMILES string of the molecule is CNc1cc([N+](=O)[O-])cc(N(C)Cc2ccccc2F)n1. The summed E-state index contributed by atoms with van der Waals surface area (Å²) in [6, 6.07) is 9.11. The van der Waals surface area contributed by atoms with Crippen molar-refractivity contribution in [3.05, 3.63) is 57.9 Å². The van der Waals surface area contributed by atoms with Crippen LogP contribution < -0.4 is 10.2 Å². The molecule has 0 unspecified atom stereocenters. The fourth-order valence-corrected chi connectivity index (χ4v) is 1.89. The second-order valence-electron chi connectivity index (χ2n) is 4.52. The lowest BCUT2D eigenvalue weighted by atomic mass is 10.2. The Morgan fingerprint density at radius 3 is 2.71 bits per heavy atom. The minimum atomic E-state index is -0.483. The predicted octanol–water partition coefficient (Wildman–Crippen LogP) is 2.81. The van der Waals surface area contributed by atoms with Gasteiger partial charge in [-0.25, -0.2) is 9.37 Å². The summed E-state index contributed by atoms with van der Waals surface area (Å²) in [5.41, 5.74) is 0.434. The first-order valence-electron chi connectivity index (χ1n) is 6.30. The van der Waals surface area contributed by atoms with E-state index in [1.165, 1.54) is 18.2 Å². The Labute approximate surface area is 121 Å². The van der Waals surface area contributed by atoms with Crippen LogP contribution in [0.25, 0.3) is 0 Å². The highest BCUT2D eigenvalue weighted by Crippen LogP contribution is 2.23. The van der Waals surface area contributed by atoms with Gasteiger partial charge in [0.05, 0.1) is 17.1 Å². The smallest absolute Gasteiger partial charge is 0.276 e. The predicted molar refractivity (Wildman–Crippen MR) is 78.9 cm³/mol. The van der Waals surface area contributed by atoms with Gasteiger partial charge in [0.2, 0.25) is 0 Å². The molecule has 0 fully saturated rings. The molecule has 1 heterocycles. The Hall–Kier alpha value is -2.70. The maximum atomic E-state index is 13.7. The molecule has 0 bridgehead atoms. The normalized spacial score (nSPS) is 10.2. The molecule has 6 nitrogen and oxygen atoms in total. The summed E-state index contributed by atoms with van der Waals surface area (Å²) in [5.74, 6) is 0.472. The summed E-state index contributed by atoms with van der Waals surface area (Å²) >= 11 is 0. The fourth-order valence-electron chi connectivity index (χ4n) is 1.89. The topological polar surface area (TPSA) is 71.3 Å². The van der Waals surface area contributed by atoms with Crippen LogP contribution in [-0.4, -0.2) is 24.0 Å². The number of hydrogen-bond donors (Lipinski definition) is 1. The van der Waals surface area contributed by atoms with Crippen molar-refractivity contribution in [2.45, 2.75) is 6.54 Å². The molecule has 0 saturated heterocycles. The Morgan fingerprint density at radius 2 is 2.10 bits per heavy atom. The molecule has 110 valence electrons. The van der Waals surface area contributed by atoms with E-state index in [9.17, 15) is 14.5 Å². The van der Waals surface area contributed by atoms with Gasteiger partial charge in [-0.2, -0.15) is 0 Å². The van der Waals surface area contributed by atoms with Crippen molar-refractivity contribution in [3.63, 3.8) is 0 Å². The molecule has 7 heteroatoms. The van der Waals surface area contributed by atoms with Gasteiger partial charge < -0.3 is 10.2 Å². The van der Waals surface area contributed by atoms with Crippen LogP contribution in [0.3, 0.4) is 0 Å². The molecule has 21 heavy (non-hydrogen) atoms. The van der Waals surface area contributed by atoms with Crippen molar-refractivity contribution in [2.24, 2.45) is 0 Å². The molecule has 1 aromatic heterocycles. The minimum absolute atomic E-state index is 0.0651. The van der Waals surface area contributed by atoms with Crippen LogP contribution in [-0.2, 0) is 6.54 Å². The highest BCUT2D eigenvalue weighted by atomic mass is 19.1. The summed E-state index contributed by atoms with van der Waals surface area (Å²) < 4.78 is 13.7. The van der Waals surface area contributed by atoms with Gasteiger partial charge in [0.25, 0.3) is 5.69 Å². The molecule has 0 amide bonds. The van der Waals surface area contributed by atoms with Gasteiger partial charge >= 0.3 is 0 Å². The number of aromatic nitrogens is 1. The first-order chi connectivity index (χ1) is 10.0. The highest BCUT2D eigenvalue weighted by Gasteiger charge is 2.14. The maximum Gasteiger partial charge on any atom is 0.276 e. The van der Waals surface area contributed by atoms with E-state index in [2.05, 4.69) is 10.3 Å². The van der Waals surface area contributed by atoms with E-state index in [1.54, 1.807) is 37.2 Å². The molecule has 0 atom stereocenters. The lowest BCUT2D eigenvalue weighted by Crippen LogP contribution is -2.19. The van der Waals surface area contributed by atoms with Gasteiger partial charge in [0.15, 0.2) is 0 Å². The van der Waals surface area contributed by atoms with Gasteiger partial charge in [-0.1, -0.05) is 18.2 Å². The molecule has 0 saturated carbocycles. The van der Waals surface area contributed by atoms with E-state index in [1.807, 2.05) is 0 Å². The second kappa shape index (κ2) is 6.17. The quantitative estimate of drug-likeness (QED) is 0.677. The van der Waals surface area contributed by atoms with E-state index in [4.69, 9.17) is 0 Å². The summed E-state index contributed by atoms with van der Waals surface area (Å²) in [7, 11) is 3.34. The average molecular weight is 290 g/mol. The third kappa shape index (κ3) is 3.44. The number of hydrogen-bond acceptors (Lipinski definition) is 5. The number of nitro groups is 1. The van der Waals surface area contributed by atoms with Crippen LogP contribution in [0.1, 0.15) is 5.56 Å². The van der Waals surface area contributed by atoms with Crippen molar-refractivity contribution < 1.29 is 9.31 Å². The van der Waals surface area contributed by atoms with Crippen LogP contribution >= 0.6 is 0 Å². The maximum absolute atomic E-state index is 13.7. The zero-order valence-corrected chi connectivity index (χ0v) is 11.7. The average Bonchev–Trinajstić information content (AvgIpc) is 2.49. The molecule has 2 aromatic rings. The molecule has 0 aliphatic rings. The van der Waals surface area contributed by atoms with Gasteiger partial charge in [0.1, 0.15) is 17.5 Å². The molecule has 0 aliphatic carbocycles. The number of benzene rings is 1. The first kappa shape index (κ1) is 14.7. The first-order valence-corrected chi connectivity index (χ1v) is 6.30. The molecule has 0 radical (unpaired) electrons. The van der Waals surface area contributed by atoms with E-state index < -0.39 is 4.92 Å². The van der Waals surface area contributed by atoms with Crippen molar-refractivity contribution in [2.75, 3.05) is 24.3 Å². The Kier molecular flexibility index (Phi) is 4.32. The van der Waals surface area contributed by atoms with Crippen molar-refractivity contribution in [1.29, 1.82) is 0 Å². The minimum Gasteiger partial charge on any atom is -0.373 e. The number of pyridine rings is 1. The summed E-state index contributed by atoms with van der Waals surface area (Å²) in [4.78, 5) is 16.4. The van der Waals surface area contributed by atoms with E-state index in [0.29, 0.717) is 17.2 Å². The zero-order valence-electron chi connectivity index (χ0n) is 11.7. The molecule has 0 aliphatic heterocycles. The Bertz CT molecular complexity index is 663. The lowest BCUT2D eigenvalue weighted by molar-refractivity contribution is -0.384. The van der Waals surface area contributed by atoms with Crippen LogP contribution in [0.5, 0.6) is 0 Å². The van der Waals surface area contributed by atoms with Crippen molar-refractivity contribution in [1.82, 2.24) is 4.98 Å². The largest absolute Gasteiger partial charge is 0.373 e. The molecule has 0 spiro atoms. The number of rotatable bonds is 5. The summed E-state index contributed by atoms with van der Waals surface area (Å²) in [6.45, 7) is 0.268. The monoisotopic (exact) mass is 290 g/mol. The zero-order chi connectivity index (χ0) is 15.4. The third-order valence-corrected chi connectivity index (χ3v) is 3.02. The fraction of sp³-hybridized carbons (Fsp3) is 0.214. The van der Waals surface area contributed by atoms with E-state index in [-0.39, 0.29) is 18.0 Å². The van der Waals surface area contributed by atoms with Gasteiger partial charge in [-0.3, -0.25) is 10.1 Å². The molecule has 2 rings (SSSR count). The highest BCUT2D eigenvalue weighted by molar-refractivity contribution is 5.55. The number of halogens is 1. The molecular formula is C14H15FN4O2. The molecule has 1 aromatic carbocycles. The summed E-state index contributed by atoms with van der Waals surface area (Å²) in [6.07, 6.45) is 0. The number of anilines is 2. The van der Waals surface area contributed by atoms with Crippen LogP contribution in [0, 0.1) is 15.9 Å². The van der Waals surface area contributed by atoms with Gasteiger partial charge in [-0.15, -0.1) is 0 Å². The van der Waals surface area contributed by atoms with Gasteiger partial charge in [0, 0.05) is 26.2 Å². The van der Waals surface area contributed by atoms with E-state index in [0.717, 1.165) is 0 Å². The van der Waals surface area contributed by atoms with Crippen LogP contribution in [0.4, 0.5) is 21.7 Å². The van der Waals surface area contributed by atoms with Crippen LogP contribution in [0.2, 0.25) is 0 Å². The summed E-state index contributed by atoms with van der Waals surface area (Å²) in [5, 5.41) is 13.7. The third-order valence-electron chi connectivity index (χ3n) is 3.02. The molecular weight excluding hydrogens is 275 g/mol. The lowest BCUT2D eigenvalue weighted by Gasteiger charge is -2.19. The van der Waals surface area contributed by atoms with Gasteiger partial charge in [-0.05, 0) is 6.07 Å². The standard InChI is InChI=1S/C14H15FN4O2/c1-16-13-7-11(19(20)21)8-14(17-13)18(2)9-10-5-3-4-6-12(10)15/h3-8H,9H2,1-2H3,(H,16,17). The Balaban J connectivity index is 2.30. The van der Waals surface area contributed by atoms with E-state index >= 15 is 0 Å². The Morgan fingerprint density at radius 1 is 1.38 bits per heavy atom. The van der Waals surface area contributed by atoms with Crippen molar-refractivity contribution in [3.8, 4) is 0 Å². The number of nitrogens with zero attached hydrogens (tertiary/aromatic N) is 3. The van der Waals surface area contributed by atoms with Crippen LogP contribution in [0.15, 0.2) is 36.4 Å².